The normalized spacial score (nSPS) is 13.5. The molecular weight excluding hydrogens is 332 g/mol. The Bertz CT molecular complexity index is 769. The summed E-state index contributed by atoms with van der Waals surface area (Å²) in [6.45, 7) is 0. The highest BCUT2D eigenvalue weighted by Crippen LogP contribution is 2.25. The number of carbonyl (C=O) groups excluding carboxylic acids is 2. The molecule has 0 unspecified atom stereocenters. The van der Waals surface area contributed by atoms with Crippen LogP contribution < -0.4 is 9.47 Å². The van der Waals surface area contributed by atoms with Gasteiger partial charge >= 0.3 is 11.8 Å². The summed E-state index contributed by atoms with van der Waals surface area (Å²) in [6, 6.07) is 5.44. The van der Waals surface area contributed by atoms with Crippen LogP contribution in [0.5, 0.6) is 11.5 Å². The molecule has 0 bridgehead atoms. The lowest BCUT2D eigenvalue weighted by Gasteiger charge is -2.08. The van der Waals surface area contributed by atoms with Crippen LogP contribution in [0.15, 0.2) is 59.7 Å². The lowest BCUT2D eigenvalue weighted by atomic mass is 10.0. The Morgan fingerprint density at radius 2 is 1.62 bits per heavy atom. The van der Waals surface area contributed by atoms with Gasteiger partial charge in [-0.05, 0) is 47.9 Å². The Morgan fingerprint density at radius 1 is 1.00 bits per heavy atom. The third kappa shape index (κ3) is 5.21. The molecule has 26 heavy (non-hydrogen) atoms. The number of hydrogen-bond donors (Lipinski definition) is 0. The molecule has 0 fully saturated rings. The molecule has 0 aromatic heterocycles. The van der Waals surface area contributed by atoms with Crippen LogP contribution in [0.1, 0.15) is 12.0 Å². The van der Waals surface area contributed by atoms with E-state index in [0.717, 1.165) is 16.9 Å². The van der Waals surface area contributed by atoms with Crippen molar-refractivity contribution < 1.29 is 23.4 Å². The van der Waals surface area contributed by atoms with Gasteiger partial charge in [0.25, 0.3) is 7.11 Å². The first kappa shape index (κ1) is 19.2. The predicted octanol–water partition coefficient (Wildman–Crippen LogP) is 3.44. The number of ketones is 1. The topological polar surface area (TPSA) is 56.1 Å². The van der Waals surface area contributed by atoms with Crippen molar-refractivity contribution in [3.63, 3.8) is 0 Å². The smallest absolute Gasteiger partial charge is 0.343 e. The Kier molecular flexibility index (Phi) is 6.97. The molecule has 2 rings (SSSR count). The maximum absolute atomic E-state index is 12.2. The Hall–Kier alpha value is -3.08. The lowest BCUT2D eigenvalue weighted by molar-refractivity contribution is -0.417. The highest BCUT2D eigenvalue weighted by Gasteiger charge is 2.11. The number of carbonyl (C=O) groups is 1. The minimum atomic E-state index is -0.378. The summed E-state index contributed by atoms with van der Waals surface area (Å²) >= 11 is 0. The number of esters is 1. The summed E-state index contributed by atoms with van der Waals surface area (Å²) in [5, 5.41) is 0. The third-order valence-corrected chi connectivity index (χ3v) is 3.84. The second-order valence-electron chi connectivity index (χ2n) is 5.49. The summed E-state index contributed by atoms with van der Waals surface area (Å²) in [7, 11) is 6.16. The number of allylic oxidation sites excluding steroid dienone is 6. The molecule has 1 aliphatic carbocycles. The van der Waals surface area contributed by atoms with Crippen LogP contribution in [0.25, 0.3) is 6.08 Å². The van der Waals surface area contributed by atoms with Gasteiger partial charge in [0, 0.05) is 23.8 Å². The fourth-order valence-electron chi connectivity index (χ4n) is 2.41. The summed E-state index contributed by atoms with van der Waals surface area (Å²) in [4.78, 5) is 12.2. The third-order valence-electron chi connectivity index (χ3n) is 3.84. The number of benzene rings is 1. The molecule has 0 aliphatic heterocycles. The second-order valence-corrected chi connectivity index (χ2v) is 5.49. The molecule has 0 saturated heterocycles. The van der Waals surface area contributed by atoms with E-state index in [2.05, 4.69) is 0 Å². The molecule has 0 spiro atoms. The molecule has 1 aliphatic rings. The number of rotatable bonds is 6. The first-order chi connectivity index (χ1) is 12.6. The first-order valence-electron chi connectivity index (χ1n) is 8.08. The molecule has 5 nitrogen and oxygen atoms in total. The molecule has 0 amide bonds. The zero-order valence-corrected chi connectivity index (χ0v) is 15.4. The quantitative estimate of drug-likeness (QED) is 0.446. The van der Waals surface area contributed by atoms with Gasteiger partial charge in [0.1, 0.15) is 11.5 Å². The maximum atomic E-state index is 12.2. The molecule has 1 aromatic rings. The average molecular weight is 355 g/mol. The van der Waals surface area contributed by atoms with Crippen LogP contribution in [-0.2, 0) is 14.0 Å². The van der Waals surface area contributed by atoms with Gasteiger partial charge in [-0.3, -0.25) is 4.42 Å². The molecule has 0 heterocycles. The van der Waals surface area contributed by atoms with Crippen LogP contribution in [0, 0.1) is 0 Å². The van der Waals surface area contributed by atoms with Gasteiger partial charge in [-0.2, -0.15) is 0 Å². The van der Waals surface area contributed by atoms with Crippen molar-refractivity contribution in [3.8, 4) is 11.5 Å². The van der Waals surface area contributed by atoms with Gasteiger partial charge in [0.15, 0.2) is 0 Å². The maximum Gasteiger partial charge on any atom is 0.343 e. The minimum absolute atomic E-state index is 0.378. The standard InChI is InChI=1S/C21H23O5/c1-23-18-9-6-15(7-10-18)5-8-17(21(22)26-4)11-16-12-19(24-2)14-20(13-16)25-3/h5-7,9-14H,8H2,1-4H3/q+1/b17-11+. The van der Waals surface area contributed by atoms with E-state index < -0.39 is 0 Å². The zero-order chi connectivity index (χ0) is 18.9. The van der Waals surface area contributed by atoms with Crippen molar-refractivity contribution in [2.24, 2.45) is 0 Å². The van der Waals surface area contributed by atoms with Crippen molar-refractivity contribution >= 4 is 17.8 Å². The number of hydrogen-bond acceptors (Lipinski definition) is 4. The number of methoxy groups -OCH3 is 3. The van der Waals surface area contributed by atoms with Gasteiger partial charge in [0.05, 0.1) is 21.3 Å². The van der Waals surface area contributed by atoms with Gasteiger partial charge in [-0.15, -0.1) is 0 Å². The molecule has 0 radical (unpaired) electrons. The van der Waals surface area contributed by atoms with E-state index in [0.29, 0.717) is 23.5 Å². The van der Waals surface area contributed by atoms with Crippen molar-refractivity contribution in [1.29, 1.82) is 0 Å². The van der Waals surface area contributed by atoms with E-state index >= 15 is 0 Å². The van der Waals surface area contributed by atoms with Crippen LogP contribution >= 0.6 is 0 Å². The van der Waals surface area contributed by atoms with Crippen LogP contribution in [0.3, 0.4) is 0 Å². The molecule has 136 valence electrons. The second kappa shape index (κ2) is 9.42. The van der Waals surface area contributed by atoms with E-state index in [1.807, 2.05) is 42.5 Å². The SMILES string of the molecule is COC(=O)/C(=C/c1cc(OC)cc(OC)c1)CC=C1C=CC(=[O+]C)C=C1. The Morgan fingerprint density at radius 3 is 2.12 bits per heavy atom. The molecular formula is C21H23O5+. The van der Waals surface area contributed by atoms with Crippen molar-refractivity contribution in [3.05, 3.63) is 65.3 Å². The van der Waals surface area contributed by atoms with Crippen LogP contribution in [0.4, 0.5) is 0 Å². The van der Waals surface area contributed by atoms with Gasteiger partial charge in [-0.1, -0.05) is 6.08 Å². The highest BCUT2D eigenvalue weighted by atomic mass is 16.5. The molecule has 0 atom stereocenters. The fraction of sp³-hybridized carbons (Fsp3) is 0.238. The largest absolute Gasteiger partial charge is 0.497 e. The van der Waals surface area contributed by atoms with E-state index in [-0.39, 0.29) is 5.97 Å². The zero-order valence-electron chi connectivity index (χ0n) is 15.4. The number of ether oxygens (including phenoxy) is 3. The first-order valence-corrected chi connectivity index (χ1v) is 8.08. The molecule has 5 heteroatoms. The van der Waals surface area contributed by atoms with Crippen LogP contribution in [0.2, 0.25) is 0 Å². The van der Waals surface area contributed by atoms with Gasteiger partial charge < -0.3 is 14.2 Å². The van der Waals surface area contributed by atoms with Gasteiger partial charge in [-0.25, -0.2) is 4.79 Å². The van der Waals surface area contributed by atoms with Crippen molar-refractivity contribution in [1.82, 2.24) is 0 Å². The Labute approximate surface area is 153 Å². The van der Waals surface area contributed by atoms with Crippen LogP contribution in [-0.4, -0.2) is 40.2 Å². The van der Waals surface area contributed by atoms with Crippen molar-refractivity contribution in [2.45, 2.75) is 6.42 Å². The Balaban J connectivity index is 2.29. The summed E-state index contributed by atoms with van der Waals surface area (Å²) in [5.41, 5.74) is 2.31. The summed E-state index contributed by atoms with van der Waals surface area (Å²) in [6.07, 6.45) is 11.8. The fourth-order valence-corrected chi connectivity index (χ4v) is 2.41. The molecule has 0 N–H and O–H groups in total. The average Bonchev–Trinajstić information content (AvgIpc) is 2.70. The van der Waals surface area contributed by atoms with E-state index in [1.165, 1.54) is 7.11 Å². The summed E-state index contributed by atoms with van der Waals surface area (Å²) < 4.78 is 20.6. The van der Waals surface area contributed by atoms with Crippen molar-refractivity contribution in [2.75, 3.05) is 28.4 Å². The lowest BCUT2D eigenvalue weighted by Crippen LogP contribution is -2.04. The molecule has 1 aromatic carbocycles. The minimum Gasteiger partial charge on any atom is -0.497 e. The van der Waals surface area contributed by atoms with E-state index in [1.54, 1.807) is 33.5 Å². The van der Waals surface area contributed by atoms with E-state index in [9.17, 15) is 4.79 Å². The predicted molar refractivity (Wildman–Crippen MR) is 101 cm³/mol. The monoisotopic (exact) mass is 355 g/mol. The van der Waals surface area contributed by atoms with Gasteiger partial charge in [0.2, 0.25) is 0 Å². The highest BCUT2D eigenvalue weighted by molar-refractivity contribution is 6.01. The molecule has 0 saturated carbocycles. The summed E-state index contributed by atoms with van der Waals surface area (Å²) in [5.74, 6) is 1.71. The van der Waals surface area contributed by atoms with E-state index in [4.69, 9.17) is 18.6 Å².